The highest BCUT2D eigenvalue weighted by molar-refractivity contribution is 5.83. The number of aromatic nitrogens is 1. The number of para-hydroxylation sites is 1. The van der Waals surface area contributed by atoms with Crippen molar-refractivity contribution in [2.75, 3.05) is 0 Å². The molecule has 0 unspecified atom stereocenters. The molecule has 2 bridgehead atoms. The van der Waals surface area contributed by atoms with E-state index in [-0.39, 0.29) is 0 Å². The molecule has 0 radical (unpaired) electrons. The lowest BCUT2D eigenvalue weighted by Gasteiger charge is -2.37. The summed E-state index contributed by atoms with van der Waals surface area (Å²) in [5.74, 6) is 1.94. The van der Waals surface area contributed by atoms with Crippen LogP contribution in [0.25, 0.3) is 10.9 Å². The maximum Gasteiger partial charge on any atom is 0.0456 e. The molecule has 6 rings (SSSR count). The molecule has 3 fully saturated rings. The van der Waals surface area contributed by atoms with Crippen LogP contribution in [0.4, 0.5) is 0 Å². The molecule has 0 aliphatic heterocycles. The van der Waals surface area contributed by atoms with Gasteiger partial charge in [0.1, 0.15) is 0 Å². The van der Waals surface area contributed by atoms with Crippen molar-refractivity contribution in [1.82, 2.24) is 9.88 Å². The molecule has 2 nitrogen and oxygen atoms in total. The molecule has 3 aliphatic carbocycles. The van der Waals surface area contributed by atoms with Gasteiger partial charge in [-0.3, -0.25) is 4.90 Å². The zero-order chi connectivity index (χ0) is 17.5. The minimum Gasteiger partial charge on any atom is -0.361 e. The van der Waals surface area contributed by atoms with E-state index in [2.05, 4.69) is 77.6 Å². The van der Waals surface area contributed by atoms with E-state index in [1.54, 1.807) is 0 Å². The number of aromatic amines is 1. The van der Waals surface area contributed by atoms with Gasteiger partial charge in [-0.2, -0.15) is 0 Å². The first-order valence-electron chi connectivity index (χ1n) is 10.1. The normalized spacial score (nSPS) is 25.5. The van der Waals surface area contributed by atoms with E-state index < -0.39 is 0 Å². The number of hydrogen-bond donors (Lipinski definition) is 1. The highest BCUT2D eigenvalue weighted by Gasteiger charge is 2.47. The van der Waals surface area contributed by atoms with Gasteiger partial charge in [0, 0.05) is 35.7 Å². The second-order valence-corrected chi connectivity index (χ2v) is 8.47. The van der Waals surface area contributed by atoms with Crippen LogP contribution in [-0.2, 0) is 13.0 Å². The number of nitrogens with zero attached hydrogens (tertiary/aromatic N) is 1. The van der Waals surface area contributed by atoms with Gasteiger partial charge in [0.2, 0.25) is 0 Å². The van der Waals surface area contributed by atoms with E-state index in [9.17, 15) is 0 Å². The summed E-state index contributed by atoms with van der Waals surface area (Å²) in [6, 6.07) is 21.1. The monoisotopic (exact) mass is 344 g/mol. The van der Waals surface area contributed by atoms with Gasteiger partial charge in [0.25, 0.3) is 0 Å². The van der Waals surface area contributed by atoms with Crippen LogP contribution in [0.15, 0.2) is 60.8 Å². The zero-order valence-corrected chi connectivity index (χ0v) is 15.6. The minimum atomic E-state index is 0.554. The number of rotatable bonds is 6. The highest BCUT2D eigenvalue weighted by atomic mass is 15.2. The van der Waals surface area contributed by atoms with Crippen molar-refractivity contribution >= 4 is 10.9 Å². The van der Waals surface area contributed by atoms with Gasteiger partial charge in [0.05, 0.1) is 0 Å². The second-order valence-electron chi connectivity index (χ2n) is 8.47. The van der Waals surface area contributed by atoms with Gasteiger partial charge in [-0.1, -0.05) is 48.5 Å². The Bertz CT molecular complexity index is 875. The van der Waals surface area contributed by atoms with Gasteiger partial charge >= 0.3 is 0 Å². The Kier molecular flexibility index (Phi) is 4.09. The van der Waals surface area contributed by atoms with Crippen molar-refractivity contribution in [2.45, 2.75) is 51.2 Å². The SMILES string of the molecule is C[C@H](Cc1c[nH]c2ccccc12)N(Cc1ccccc1)[C@@H]1CC2CC1C2. The number of nitrogens with one attached hydrogen (secondary N) is 1. The summed E-state index contributed by atoms with van der Waals surface area (Å²) >= 11 is 0. The largest absolute Gasteiger partial charge is 0.361 e. The average molecular weight is 345 g/mol. The van der Waals surface area contributed by atoms with Crippen molar-refractivity contribution < 1.29 is 0 Å². The van der Waals surface area contributed by atoms with Crippen LogP contribution >= 0.6 is 0 Å². The smallest absolute Gasteiger partial charge is 0.0456 e. The molecule has 0 amide bonds. The lowest BCUT2D eigenvalue weighted by Crippen LogP contribution is -2.43. The fourth-order valence-electron chi connectivity index (χ4n) is 5.36. The topological polar surface area (TPSA) is 19.0 Å². The molecular weight excluding hydrogens is 316 g/mol. The summed E-state index contributed by atoms with van der Waals surface area (Å²) in [5.41, 5.74) is 4.16. The number of H-pyrrole nitrogens is 1. The Morgan fingerprint density at radius 1 is 1.00 bits per heavy atom. The fraction of sp³-hybridized carbons (Fsp3) is 0.417. The summed E-state index contributed by atoms with van der Waals surface area (Å²) in [6.45, 7) is 3.51. The molecule has 134 valence electrons. The molecule has 0 spiro atoms. The van der Waals surface area contributed by atoms with Crippen LogP contribution in [0.5, 0.6) is 0 Å². The summed E-state index contributed by atoms with van der Waals surface area (Å²) in [4.78, 5) is 6.26. The van der Waals surface area contributed by atoms with E-state index >= 15 is 0 Å². The number of hydrogen-bond acceptors (Lipinski definition) is 1. The molecule has 2 atom stereocenters. The Hall–Kier alpha value is -2.06. The van der Waals surface area contributed by atoms with Crippen molar-refractivity contribution in [2.24, 2.45) is 11.8 Å². The molecular formula is C24H28N2. The summed E-state index contributed by atoms with van der Waals surface area (Å²) < 4.78 is 0. The Balaban J connectivity index is 1.40. The Labute approximate surface area is 156 Å². The maximum atomic E-state index is 3.45. The average Bonchev–Trinajstić information content (AvgIpc) is 3.34. The fourth-order valence-corrected chi connectivity index (χ4v) is 5.36. The molecule has 1 N–H and O–H groups in total. The lowest BCUT2D eigenvalue weighted by atomic mass is 9.83. The van der Waals surface area contributed by atoms with Crippen LogP contribution in [0.2, 0.25) is 0 Å². The highest BCUT2D eigenvalue weighted by Crippen LogP contribution is 2.51. The van der Waals surface area contributed by atoms with Crippen molar-refractivity contribution in [1.29, 1.82) is 0 Å². The van der Waals surface area contributed by atoms with Crippen molar-refractivity contribution in [3.8, 4) is 0 Å². The minimum absolute atomic E-state index is 0.554. The Morgan fingerprint density at radius 3 is 2.54 bits per heavy atom. The first-order valence-corrected chi connectivity index (χ1v) is 10.1. The third-order valence-electron chi connectivity index (χ3n) is 6.78. The molecule has 3 saturated carbocycles. The molecule has 26 heavy (non-hydrogen) atoms. The number of benzene rings is 2. The summed E-state index contributed by atoms with van der Waals surface area (Å²) in [7, 11) is 0. The van der Waals surface area contributed by atoms with Gasteiger partial charge in [-0.05, 0) is 61.6 Å². The van der Waals surface area contributed by atoms with Crippen LogP contribution in [0.3, 0.4) is 0 Å². The van der Waals surface area contributed by atoms with Gasteiger partial charge in [-0.15, -0.1) is 0 Å². The molecule has 0 saturated heterocycles. The van der Waals surface area contributed by atoms with E-state index in [0.717, 1.165) is 30.8 Å². The number of fused-ring (bicyclic) bond motifs is 2. The molecule has 1 heterocycles. The zero-order valence-electron chi connectivity index (χ0n) is 15.6. The first-order chi connectivity index (χ1) is 12.8. The lowest BCUT2D eigenvalue weighted by molar-refractivity contribution is 0.106. The van der Waals surface area contributed by atoms with Gasteiger partial charge in [-0.25, -0.2) is 0 Å². The standard InChI is InChI=1S/C24H28N2/c1-17(11-21-15-25-23-10-6-5-9-22(21)23)26(16-18-7-3-2-4-8-18)24-14-19-12-20(24)13-19/h2-10,15,17,19-20,24-25H,11-14,16H2,1H3/t17-,19?,20?,24-/m1/s1. The van der Waals surface area contributed by atoms with Crippen LogP contribution in [0.1, 0.15) is 37.3 Å². The predicted octanol–water partition coefficient (Wildman–Crippen LogP) is 5.40. The summed E-state index contributed by atoms with van der Waals surface area (Å²) in [5, 5.41) is 1.38. The maximum absolute atomic E-state index is 3.45. The molecule has 2 heteroatoms. The molecule has 1 aromatic heterocycles. The third kappa shape index (κ3) is 2.87. The second kappa shape index (κ2) is 6.59. The molecule has 3 aliphatic rings. The van der Waals surface area contributed by atoms with Crippen molar-refractivity contribution in [3.05, 3.63) is 71.9 Å². The van der Waals surface area contributed by atoms with E-state index in [4.69, 9.17) is 0 Å². The van der Waals surface area contributed by atoms with Gasteiger partial charge in [0.15, 0.2) is 0 Å². The summed E-state index contributed by atoms with van der Waals surface area (Å²) in [6.07, 6.45) is 7.68. The third-order valence-corrected chi connectivity index (χ3v) is 6.78. The van der Waals surface area contributed by atoms with E-state index in [0.29, 0.717) is 6.04 Å². The van der Waals surface area contributed by atoms with E-state index in [1.165, 1.54) is 41.3 Å². The molecule has 2 aromatic carbocycles. The Morgan fingerprint density at radius 2 is 1.77 bits per heavy atom. The van der Waals surface area contributed by atoms with Crippen molar-refractivity contribution in [3.63, 3.8) is 0 Å². The van der Waals surface area contributed by atoms with Crippen LogP contribution in [-0.4, -0.2) is 22.0 Å². The predicted molar refractivity (Wildman–Crippen MR) is 108 cm³/mol. The molecule has 3 aromatic rings. The quantitative estimate of drug-likeness (QED) is 0.634. The van der Waals surface area contributed by atoms with E-state index in [1.807, 2.05) is 0 Å². The van der Waals surface area contributed by atoms with Crippen LogP contribution in [0, 0.1) is 11.8 Å². The van der Waals surface area contributed by atoms with Gasteiger partial charge < -0.3 is 4.98 Å². The first kappa shape index (κ1) is 16.1. The van der Waals surface area contributed by atoms with Crippen LogP contribution < -0.4 is 0 Å².